The molecule has 0 bridgehead atoms. The molecular weight excluding hydrogens is 382 g/mol. The molecule has 0 saturated heterocycles. The molecule has 2 aromatic carbocycles. The van der Waals surface area contributed by atoms with E-state index in [-0.39, 0.29) is 0 Å². The first-order chi connectivity index (χ1) is 13.1. The Morgan fingerprint density at radius 2 is 2.07 bits per heavy atom. The summed E-state index contributed by atoms with van der Waals surface area (Å²) in [5.74, 6) is -0.486. The van der Waals surface area contributed by atoms with Crippen molar-refractivity contribution in [2.45, 2.75) is 13.0 Å². The number of halogens is 1. The van der Waals surface area contributed by atoms with E-state index in [1.54, 1.807) is 24.5 Å². The summed E-state index contributed by atoms with van der Waals surface area (Å²) in [6.07, 6.45) is 0.506. The van der Waals surface area contributed by atoms with Crippen molar-refractivity contribution in [2.24, 2.45) is 5.73 Å². The monoisotopic (exact) mass is 399 g/mol. The number of methoxy groups -OCH3 is 1. The van der Waals surface area contributed by atoms with Crippen LogP contribution in [0.1, 0.15) is 21.1 Å². The number of amides is 1. The van der Waals surface area contributed by atoms with Crippen LogP contribution in [0.25, 0.3) is 21.1 Å². The van der Waals surface area contributed by atoms with E-state index >= 15 is 0 Å². The molecule has 0 unspecified atom stereocenters. The summed E-state index contributed by atoms with van der Waals surface area (Å²) in [4.78, 5) is 17.1. The Hall–Kier alpha value is -2.41. The van der Waals surface area contributed by atoms with Gasteiger partial charge in [-0.2, -0.15) is 0 Å². The first-order valence-corrected chi connectivity index (χ1v) is 9.72. The average molecular weight is 400 g/mol. The van der Waals surface area contributed by atoms with Gasteiger partial charge in [0.05, 0.1) is 37.9 Å². The van der Waals surface area contributed by atoms with Crippen LogP contribution >= 0.6 is 22.9 Å². The molecule has 138 valence electrons. The molecule has 2 heterocycles. The van der Waals surface area contributed by atoms with Gasteiger partial charge in [-0.1, -0.05) is 29.8 Å². The molecule has 0 spiro atoms. The number of benzene rings is 2. The Morgan fingerprint density at radius 3 is 2.81 bits per heavy atom. The van der Waals surface area contributed by atoms with E-state index in [9.17, 15) is 4.79 Å². The zero-order valence-corrected chi connectivity index (χ0v) is 16.3. The summed E-state index contributed by atoms with van der Waals surface area (Å²) in [7, 11) is 1.65. The van der Waals surface area contributed by atoms with Crippen molar-refractivity contribution >= 4 is 50.0 Å². The molecule has 1 amide bonds. The molecule has 0 aliphatic rings. The van der Waals surface area contributed by atoms with Crippen LogP contribution < -0.4 is 5.73 Å². The van der Waals surface area contributed by atoms with Crippen LogP contribution in [-0.4, -0.2) is 29.2 Å². The Kier molecular flexibility index (Phi) is 4.86. The van der Waals surface area contributed by atoms with Crippen LogP contribution in [0.3, 0.4) is 0 Å². The lowest BCUT2D eigenvalue weighted by Gasteiger charge is -2.10. The maximum absolute atomic E-state index is 12.3. The van der Waals surface area contributed by atoms with E-state index in [2.05, 4.69) is 4.57 Å². The third-order valence-electron chi connectivity index (χ3n) is 4.57. The highest BCUT2D eigenvalue weighted by Crippen LogP contribution is 2.34. The molecule has 0 aliphatic heterocycles. The number of ether oxygens (including phenoxy) is 1. The van der Waals surface area contributed by atoms with Crippen LogP contribution in [0.15, 0.2) is 42.5 Å². The van der Waals surface area contributed by atoms with Crippen LogP contribution in [0.2, 0.25) is 5.02 Å². The van der Waals surface area contributed by atoms with E-state index in [0.29, 0.717) is 35.5 Å². The molecule has 5 nitrogen and oxygen atoms in total. The second kappa shape index (κ2) is 7.31. The van der Waals surface area contributed by atoms with Crippen LogP contribution in [0.4, 0.5) is 0 Å². The number of hydrogen-bond acceptors (Lipinski definition) is 4. The summed E-state index contributed by atoms with van der Waals surface area (Å²) in [6.45, 7) is 1.11. The Labute approximate surface area is 165 Å². The van der Waals surface area contributed by atoms with Gasteiger partial charge >= 0.3 is 0 Å². The predicted molar refractivity (Wildman–Crippen MR) is 110 cm³/mol. The second-order valence-electron chi connectivity index (χ2n) is 6.22. The molecule has 0 fully saturated rings. The zero-order valence-electron chi connectivity index (χ0n) is 14.7. The lowest BCUT2D eigenvalue weighted by atomic mass is 10.1. The lowest BCUT2D eigenvalue weighted by molar-refractivity contribution is 0.100. The van der Waals surface area contributed by atoms with Crippen LogP contribution in [-0.2, 0) is 17.7 Å². The average Bonchev–Trinajstić information content (AvgIpc) is 3.19. The van der Waals surface area contributed by atoms with Gasteiger partial charge in [-0.15, -0.1) is 11.3 Å². The van der Waals surface area contributed by atoms with Crippen LogP contribution in [0, 0.1) is 0 Å². The number of para-hydroxylation sites is 1. The summed E-state index contributed by atoms with van der Waals surface area (Å²) in [5.41, 5.74) is 8.88. The first-order valence-electron chi connectivity index (χ1n) is 8.53. The van der Waals surface area contributed by atoms with Gasteiger partial charge in [0.1, 0.15) is 0 Å². The van der Waals surface area contributed by atoms with Crippen molar-refractivity contribution in [1.82, 2.24) is 9.55 Å². The molecule has 4 aromatic rings. The summed E-state index contributed by atoms with van der Waals surface area (Å²) < 4.78 is 8.45. The molecule has 7 heteroatoms. The highest BCUT2D eigenvalue weighted by atomic mass is 35.5. The minimum absolute atomic E-state index is 0.464. The van der Waals surface area contributed by atoms with E-state index in [4.69, 9.17) is 27.1 Å². The molecule has 0 atom stereocenters. The highest BCUT2D eigenvalue weighted by molar-refractivity contribution is 7.18. The molecule has 0 aliphatic carbocycles. The van der Waals surface area contributed by atoms with E-state index in [1.807, 2.05) is 36.4 Å². The minimum Gasteiger partial charge on any atom is -0.383 e. The van der Waals surface area contributed by atoms with Gasteiger partial charge < -0.3 is 15.0 Å². The molecule has 0 radical (unpaired) electrons. The van der Waals surface area contributed by atoms with Crippen molar-refractivity contribution in [3.05, 3.63) is 63.8 Å². The van der Waals surface area contributed by atoms with E-state index in [0.717, 1.165) is 26.4 Å². The number of carbonyl (C=O) groups excluding carboxylic acids is 1. The predicted octanol–water partition coefficient (Wildman–Crippen LogP) is 4.24. The Bertz CT molecular complexity index is 1120. The quantitative estimate of drug-likeness (QED) is 0.527. The van der Waals surface area contributed by atoms with Gasteiger partial charge in [-0.25, -0.2) is 4.98 Å². The first kappa shape index (κ1) is 18.0. The molecule has 2 aromatic heterocycles. The van der Waals surface area contributed by atoms with E-state index < -0.39 is 5.91 Å². The fraction of sp³-hybridized carbons (Fsp3) is 0.200. The van der Waals surface area contributed by atoms with Gasteiger partial charge in [0.25, 0.3) is 5.91 Å². The summed E-state index contributed by atoms with van der Waals surface area (Å²) in [5, 5.41) is 2.14. The number of rotatable bonds is 6. The molecule has 2 N–H and O–H groups in total. The number of primary amides is 1. The largest absolute Gasteiger partial charge is 0.383 e. The lowest BCUT2D eigenvalue weighted by Crippen LogP contribution is -2.16. The van der Waals surface area contributed by atoms with Crippen molar-refractivity contribution in [3.8, 4) is 0 Å². The summed E-state index contributed by atoms with van der Waals surface area (Å²) in [6, 6.07) is 13.6. The number of nitrogens with zero attached hydrogens (tertiary/aromatic N) is 2. The number of nitrogens with two attached hydrogens (primary N) is 1. The van der Waals surface area contributed by atoms with Gasteiger partial charge in [-0.3, -0.25) is 4.79 Å². The third kappa shape index (κ3) is 3.20. The SMILES string of the molecule is COCCn1c(Cc2nc3ccccc3s2)c(C(N)=O)c2c(Cl)cccc21. The smallest absolute Gasteiger partial charge is 0.251 e. The molecular formula is C20H18ClN3O2S. The van der Waals surface area contributed by atoms with Gasteiger partial charge in [-0.05, 0) is 24.3 Å². The minimum atomic E-state index is -0.486. The Balaban J connectivity index is 1.92. The number of carbonyl (C=O) groups is 1. The number of fused-ring (bicyclic) bond motifs is 2. The normalized spacial score (nSPS) is 11.5. The summed E-state index contributed by atoms with van der Waals surface area (Å²) >= 11 is 8.05. The van der Waals surface area contributed by atoms with Gasteiger partial charge in [0, 0.05) is 31.2 Å². The number of aromatic nitrogens is 2. The third-order valence-corrected chi connectivity index (χ3v) is 5.92. The second-order valence-corrected chi connectivity index (χ2v) is 7.74. The maximum Gasteiger partial charge on any atom is 0.251 e. The number of hydrogen-bond donors (Lipinski definition) is 1. The zero-order chi connectivity index (χ0) is 19.0. The standard InChI is InChI=1S/C20H18ClN3O2S/c1-26-10-9-24-14-7-4-5-12(21)18(14)19(20(22)25)15(24)11-17-23-13-6-2-3-8-16(13)27-17/h2-8H,9-11H2,1H3,(H2,22,25). The fourth-order valence-electron chi connectivity index (χ4n) is 3.44. The molecule has 0 saturated carbocycles. The topological polar surface area (TPSA) is 70.1 Å². The van der Waals surface area contributed by atoms with Crippen molar-refractivity contribution in [2.75, 3.05) is 13.7 Å². The fourth-order valence-corrected chi connectivity index (χ4v) is 4.67. The van der Waals surface area contributed by atoms with Gasteiger partial charge in [0.15, 0.2) is 0 Å². The molecule has 4 rings (SSSR count). The maximum atomic E-state index is 12.3. The molecule has 27 heavy (non-hydrogen) atoms. The number of thiazole rings is 1. The van der Waals surface area contributed by atoms with Gasteiger partial charge in [0.2, 0.25) is 0 Å². The highest BCUT2D eigenvalue weighted by Gasteiger charge is 2.23. The Morgan fingerprint density at radius 1 is 1.26 bits per heavy atom. The van der Waals surface area contributed by atoms with Crippen molar-refractivity contribution < 1.29 is 9.53 Å². The van der Waals surface area contributed by atoms with Crippen molar-refractivity contribution in [3.63, 3.8) is 0 Å². The van der Waals surface area contributed by atoms with Crippen LogP contribution in [0.5, 0.6) is 0 Å². The van der Waals surface area contributed by atoms with E-state index in [1.165, 1.54) is 0 Å². The van der Waals surface area contributed by atoms with Crippen molar-refractivity contribution in [1.29, 1.82) is 0 Å².